The number of para-hydroxylation sites is 1. The molecule has 20 heavy (non-hydrogen) atoms. The summed E-state index contributed by atoms with van der Waals surface area (Å²) in [5, 5.41) is 0.950. The minimum atomic E-state index is 0.0802. The van der Waals surface area contributed by atoms with Crippen LogP contribution in [-0.2, 0) is 4.74 Å². The Hall–Kier alpha value is -1.81. The molecule has 0 saturated heterocycles. The quantitative estimate of drug-likeness (QED) is 0.914. The van der Waals surface area contributed by atoms with Gasteiger partial charge in [-0.15, -0.1) is 0 Å². The predicted molar refractivity (Wildman–Crippen MR) is 79.7 cm³/mol. The van der Waals surface area contributed by atoms with Gasteiger partial charge < -0.3 is 10.5 Å². The lowest BCUT2D eigenvalue weighted by Gasteiger charge is -2.26. The number of hydrogen-bond acceptors (Lipinski definition) is 3. The maximum Gasteiger partial charge on any atom is 0.234 e. The summed E-state index contributed by atoms with van der Waals surface area (Å²) in [6.07, 6.45) is 5.78. The zero-order chi connectivity index (χ0) is 14.1. The van der Waals surface area contributed by atoms with Gasteiger partial charge in [0.25, 0.3) is 0 Å². The maximum absolute atomic E-state index is 12.7. The monoisotopic (exact) mass is 272 g/mol. The Kier molecular flexibility index (Phi) is 3.49. The lowest BCUT2D eigenvalue weighted by molar-refractivity contribution is 0.0485. The van der Waals surface area contributed by atoms with E-state index in [4.69, 9.17) is 10.5 Å². The Bertz CT molecular complexity index is 624. The lowest BCUT2D eigenvalue weighted by atomic mass is 9.86. The van der Waals surface area contributed by atoms with Gasteiger partial charge in [-0.3, -0.25) is 9.36 Å². The average Bonchev–Trinajstić information content (AvgIpc) is 2.84. The fraction of sp³-hybridized carbons (Fsp3) is 0.438. The van der Waals surface area contributed by atoms with Gasteiger partial charge in [0.15, 0.2) is 0 Å². The molecule has 3 rings (SSSR count). The standard InChI is InChI=1S/C16H20N2O2/c1-20-12-8-6-11(7-9-12)16(19)18-10-14(17)13-4-2-3-5-15(13)18/h2-5,10-12H,6-9,17H2,1H3. The number of fused-ring (bicyclic) bond motifs is 1. The minimum Gasteiger partial charge on any atom is -0.397 e. The SMILES string of the molecule is COC1CCC(C(=O)n2cc(N)c3ccccc32)CC1. The third kappa shape index (κ3) is 2.20. The number of nitrogen functional groups attached to an aromatic ring is 1. The highest BCUT2D eigenvalue weighted by Crippen LogP contribution is 2.30. The summed E-state index contributed by atoms with van der Waals surface area (Å²) < 4.78 is 7.09. The number of rotatable bonds is 2. The van der Waals surface area contributed by atoms with Crippen LogP contribution in [0.1, 0.15) is 30.5 Å². The average molecular weight is 272 g/mol. The molecule has 1 saturated carbocycles. The molecule has 4 nitrogen and oxygen atoms in total. The van der Waals surface area contributed by atoms with Gasteiger partial charge in [-0.1, -0.05) is 18.2 Å². The number of hydrogen-bond donors (Lipinski definition) is 1. The van der Waals surface area contributed by atoms with Crippen molar-refractivity contribution in [3.63, 3.8) is 0 Å². The first-order valence-electron chi connectivity index (χ1n) is 7.13. The van der Waals surface area contributed by atoms with Crippen LogP contribution in [0.25, 0.3) is 10.9 Å². The van der Waals surface area contributed by atoms with E-state index in [1.54, 1.807) is 17.9 Å². The molecule has 0 spiro atoms. The van der Waals surface area contributed by atoms with E-state index in [0.29, 0.717) is 11.8 Å². The fourth-order valence-corrected chi connectivity index (χ4v) is 3.13. The van der Waals surface area contributed by atoms with E-state index < -0.39 is 0 Å². The molecule has 106 valence electrons. The molecule has 1 aromatic carbocycles. The maximum atomic E-state index is 12.7. The van der Waals surface area contributed by atoms with Gasteiger partial charge in [-0.2, -0.15) is 0 Å². The molecule has 1 aliphatic rings. The van der Waals surface area contributed by atoms with Gasteiger partial charge in [0.1, 0.15) is 0 Å². The van der Waals surface area contributed by atoms with Crippen LogP contribution in [-0.4, -0.2) is 23.7 Å². The van der Waals surface area contributed by atoms with Crippen molar-refractivity contribution in [2.24, 2.45) is 5.92 Å². The van der Waals surface area contributed by atoms with Gasteiger partial charge in [-0.25, -0.2) is 0 Å². The molecule has 0 atom stereocenters. The van der Waals surface area contributed by atoms with Gasteiger partial charge in [0.2, 0.25) is 5.91 Å². The molecule has 2 N–H and O–H groups in total. The van der Waals surface area contributed by atoms with Crippen molar-refractivity contribution in [2.75, 3.05) is 12.8 Å². The third-order valence-corrected chi connectivity index (χ3v) is 4.34. The number of methoxy groups -OCH3 is 1. The van der Waals surface area contributed by atoms with Gasteiger partial charge in [0, 0.05) is 24.6 Å². The van der Waals surface area contributed by atoms with Gasteiger partial charge in [0.05, 0.1) is 17.3 Å². The Labute approximate surface area is 118 Å². The Morgan fingerprint density at radius 1 is 1.25 bits per heavy atom. The van der Waals surface area contributed by atoms with Crippen LogP contribution >= 0.6 is 0 Å². The van der Waals surface area contributed by atoms with Crippen molar-refractivity contribution in [3.05, 3.63) is 30.5 Å². The number of carbonyl (C=O) groups excluding carboxylic acids is 1. The minimum absolute atomic E-state index is 0.0802. The second-order valence-electron chi connectivity index (χ2n) is 5.52. The van der Waals surface area contributed by atoms with E-state index in [1.807, 2.05) is 24.3 Å². The van der Waals surface area contributed by atoms with Crippen molar-refractivity contribution < 1.29 is 9.53 Å². The summed E-state index contributed by atoms with van der Waals surface area (Å²) in [5.74, 6) is 0.240. The van der Waals surface area contributed by atoms with E-state index in [1.165, 1.54) is 0 Å². The number of benzene rings is 1. The summed E-state index contributed by atoms with van der Waals surface area (Å²) in [6, 6.07) is 7.78. The first-order valence-corrected chi connectivity index (χ1v) is 7.13. The molecule has 0 bridgehead atoms. The number of nitrogens with two attached hydrogens (primary N) is 1. The first-order chi connectivity index (χ1) is 9.70. The summed E-state index contributed by atoms with van der Waals surface area (Å²) in [6.45, 7) is 0. The molecule has 0 amide bonds. The largest absolute Gasteiger partial charge is 0.397 e. The molecule has 0 radical (unpaired) electrons. The van der Waals surface area contributed by atoms with Crippen molar-refractivity contribution in [1.82, 2.24) is 4.57 Å². The van der Waals surface area contributed by atoms with Crippen molar-refractivity contribution in [3.8, 4) is 0 Å². The molecule has 0 unspecified atom stereocenters. The topological polar surface area (TPSA) is 57.2 Å². The lowest BCUT2D eigenvalue weighted by Crippen LogP contribution is -2.28. The highest BCUT2D eigenvalue weighted by Gasteiger charge is 2.28. The van der Waals surface area contributed by atoms with E-state index >= 15 is 0 Å². The van der Waals surface area contributed by atoms with E-state index in [0.717, 1.165) is 36.6 Å². The highest BCUT2D eigenvalue weighted by atomic mass is 16.5. The van der Waals surface area contributed by atoms with Crippen molar-refractivity contribution in [1.29, 1.82) is 0 Å². The number of ether oxygens (including phenoxy) is 1. The molecule has 4 heteroatoms. The summed E-state index contributed by atoms with van der Waals surface area (Å²) in [4.78, 5) is 12.7. The molecular formula is C16H20N2O2. The highest BCUT2D eigenvalue weighted by molar-refractivity contribution is 5.99. The number of aromatic nitrogens is 1. The van der Waals surface area contributed by atoms with Crippen molar-refractivity contribution in [2.45, 2.75) is 31.8 Å². The van der Waals surface area contributed by atoms with E-state index in [2.05, 4.69) is 0 Å². The van der Waals surface area contributed by atoms with Crippen LogP contribution in [0.3, 0.4) is 0 Å². The zero-order valence-electron chi connectivity index (χ0n) is 11.7. The van der Waals surface area contributed by atoms with Crippen molar-refractivity contribution >= 4 is 22.5 Å². The summed E-state index contributed by atoms with van der Waals surface area (Å²) in [7, 11) is 1.74. The van der Waals surface area contributed by atoms with Crippen LogP contribution < -0.4 is 5.73 Å². The smallest absolute Gasteiger partial charge is 0.234 e. The summed E-state index contributed by atoms with van der Waals surface area (Å²) in [5.41, 5.74) is 7.57. The second kappa shape index (κ2) is 5.29. The first kappa shape index (κ1) is 13.2. The predicted octanol–water partition coefficient (Wildman–Crippen LogP) is 3.07. The molecular weight excluding hydrogens is 252 g/mol. The van der Waals surface area contributed by atoms with Crippen LogP contribution in [0, 0.1) is 5.92 Å². The van der Waals surface area contributed by atoms with Crippen LogP contribution in [0.15, 0.2) is 30.5 Å². The zero-order valence-corrected chi connectivity index (χ0v) is 11.7. The fourth-order valence-electron chi connectivity index (χ4n) is 3.13. The van der Waals surface area contributed by atoms with Crippen LogP contribution in [0.5, 0.6) is 0 Å². The molecule has 2 aromatic rings. The normalized spacial score (nSPS) is 23.1. The van der Waals surface area contributed by atoms with E-state index in [9.17, 15) is 4.79 Å². The van der Waals surface area contributed by atoms with Gasteiger partial charge >= 0.3 is 0 Å². The Morgan fingerprint density at radius 2 is 1.95 bits per heavy atom. The molecule has 1 fully saturated rings. The Morgan fingerprint density at radius 3 is 2.65 bits per heavy atom. The molecule has 1 aliphatic carbocycles. The number of carbonyl (C=O) groups is 1. The molecule has 0 aliphatic heterocycles. The van der Waals surface area contributed by atoms with Crippen LogP contribution in [0.4, 0.5) is 5.69 Å². The van der Waals surface area contributed by atoms with Gasteiger partial charge in [-0.05, 0) is 31.7 Å². The molecule has 1 aromatic heterocycles. The van der Waals surface area contributed by atoms with E-state index in [-0.39, 0.29) is 11.8 Å². The second-order valence-corrected chi connectivity index (χ2v) is 5.52. The summed E-state index contributed by atoms with van der Waals surface area (Å²) >= 11 is 0. The molecule has 1 heterocycles. The number of nitrogens with zero attached hydrogens (tertiary/aromatic N) is 1. The third-order valence-electron chi connectivity index (χ3n) is 4.34. The van der Waals surface area contributed by atoms with Crippen LogP contribution in [0.2, 0.25) is 0 Å². The number of anilines is 1. The Balaban J connectivity index is 1.86.